The highest BCUT2D eigenvalue weighted by Gasteiger charge is 2.16. The zero-order valence-electron chi connectivity index (χ0n) is 10.3. The van der Waals surface area contributed by atoms with E-state index in [1.54, 1.807) is 0 Å². The zero-order valence-corrected chi connectivity index (χ0v) is 11.1. The molecule has 0 aliphatic rings. The number of carbonyl (C=O) groups is 1. The van der Waals surface area contributed by atoms with Gasteiger partial charge in [-0.2, -0.15) is 0 Å². The molecule has 1 aromatic carbocycles. The molecule has 3 nitrogen and oxygen atoms in total. The summed E-state index contributed by atoms with van der Waals surface area (Å²) in [4.78, 5) is 11.2. The summed E-state index contributed by atoms with van der Waals surface area (Å²) >= 11 is 0. The van der Waals surface area contributed by atoms with Crippen LogP contribution < -0.4 is 5.73 Å². The van der Waals surface area contributed by atoms with Crippen molar-refractivity contribution in [3.63, 3.8) is 0 Å². The van der Waals surface area contributed by atoms with E-state index in [9.17, 15) is 4.79 Å². The summed E-state index contributed by atoms with van der Waals surface area (Å²) in [5, 5.41) is 0. The molecule has 0 aliphatic carbocycles. The third-order valence-electron chi connectivity index (χ3n) is 2.60. The van der Waals surface area contributed by atoms with Crippen molar-refractivity contribution in [3.8, 4) is 0 Å². The number of nitrogens with two attached hydrogens (primary N) is 1. The normalized spacial score (nSPS) is 13.4. The Morgan fingerprint density at radius 3 is 2.47 bits per heavy atom. The number of hydrogen-bond donors (Lipinski definition) is 1. The van der Waals surface area contributed by atoms with E-state index < -0.39 is 0 Å². The van der Waals surface area contributed by atoms with Crippen LogP contribution in [0.2, 0.25) is 0 Å². The maximum Gasteiger partial charge on any atom is 0.308 e. The number of halogens is 1. The Morgan fingerprint density at radius 1 is 1.35 bits per heavy atom. The number of hydrogen-bond acceptors (Lipinski definition) is 3. The van der Waals surface area contributed by atoms with Gasteiger partial charge in [0, 0.05) is 6.04 Å². The maximum atomic E-state index is 11.2. The van der Waals surface area contributed by atoms with Crippen molar-refractivity contribution in [2.75, 3.05) is 7.11 Å². The average molecular weight is 258 g/mol. The Bertz CT molecular complexity index is 329. The van der Waals surface area contributed by atoms with Crippen LogP contribution in [-0.2, 0) is 16.0 Å². The first-order valence-corrected chi connectivity index (χ1v) is 5.50. The molecule has 0 aliphatic heterocycles. The van der Waals surface area contributed by atoms with Crippen LogP contribution in [-0.4, -0.2) is 19.1 Å². The van der Waals surface area contributed by atoms with Crippen LogP contribution in [0, 0.1) is 5.92 Å². The number of ether oxygens (including phenoxy) is 1. The molecule has 0 radical (unpaired) electrons. The molecule has 96 valence electrons. The second kappa shape index (κ2) is 8.09. The third kappa shape index (κ3) is 5.71. The van der Waals surface area contributed by atoms with E-state index in [-0.39, 0.29) is 30.3 Å². The molecule has 0 saturated carbocycles. The van der Waals surface area contributed by atoms with Gasteiger partial charge in [0.25, 0.3) is 0 Å². The van der Waals surface area contributed by atoms with Crippen LogP contribution in [0.5, 0.6) is 0 Å². The molecule has 0 bridgehead atoms. The molecule has 0 heterocycles. The molecule has 17 heavy (non-hydrogen) atoms. The van der Waals surface area contributed by atoms with Crippen LogP contribution in [0.15, 0.2) is 30.3 Å². The Balaban J connectivity index is 0.00000256. The Morgan fingerprint density at radius 2 is 1.94 bits per heavy atom. The number of esters is 1. The van der Waals surface area contributed by atoms with Gasteiger partial charge < -0.3 is 10.5 Å². The van der Waals surface area contributed by atoms with Gasteiger partial charge in [-0.25, -0.2) is 0 Å². The van der Waals surface area contributed by atoms with Crippen molar-refractivity contribution < 1.29 is 9.53 Å². The fourth-order valence-electron chi connectivity index (χ4n) is 1.75. The molecule has 4 heteroatoms. The highest BCUT2D eigenvalue weighted by Crippen LogP contribution is 2.11. The van der Waals surface area contributed by atoms with Crippen molar-refractivity contribution in [1.29, 1.82) is 0 Å². The van der Waals surface area contributed by atoms with Gasteiger partial charge in [-0.1, -0.05) is 37.3 Å². The van der Waals surface area contributed by atoms with Crippen LogP contribution in [0.1, 0.15) is 18.9 Å². The Hall–Kier alpha value is -1.06. The maximum absolute atomic E-state index is 11.2. The predicted molar refractivity (Wildman–Crippen MR) is 71.2 cm³/mol. The molecular weight excluding hydrogens is 238 g/mol. The summed E-state index contributed by atoms with van der Waals surface area (Å²) in [5.41, 5.74) is 7.19. The van der Waals surface area contributed by atoms with Gasteiger partial charge >= 0.3 is 5.97 Å². The molecule has 1 rings (SSSR count). The minimum Gasteiger partial charge on any atom is -0.469 e. The summed E-state index contributed by atoms with van der Waals surface area (Å²) in [6, 6.07) is 10.0. The molecule has 2 N–H and O–H groups in total. The van der Waals surface area contributed by atoms with Gasteiger partial charge in [0.1, 0.15) is 0 Å². The summed E-state index contributed by atoms with van der Waals surface area (Å²) in [6.07, 6.45) is 1.45. The molecule has 0 saturated heterocycles. The second-order valence-electron chi connectivity index (χ2n) is 4.11. The fraction of sp³-hybridized carbons (Fsp3) is 0.462. The minimum absolute atomic E-state index is 0. The lowest BCUT2D eigenvalue weighted by molar-refractivity contribution is -0.145. The summed E-state index contributed by atoms with van der Waals surface area (Å²) in [7, 11) is 1.40. The van der Waals surface area contributed by atoms with Crippen LogP contribution in [0.3, 0.4) is 0 Å². The fourth-order valence-corrected chi connectivity index (χ4v) is 1.75. The molecule has 0 fully saturated rings. The predicted octanol–water partition coefficient (Wildman–Crippen LogP) is 2.18. The zero-order chi connectivity index (χ0) is 12.0. The van der Waals surface area contributed by atoms with E-state index in [0.29, 0.717) is 6.42 Å². The van der Waals surface area contributed by atoms with E-state index in [1.807, 2.05) is 37.3 Å². The number of carbonyl (C=O) groups excluding carboxylic acids is 1. The van der Waals surface area contributed by atoms with Crippen LogP contribution in [0.4, 0.5) is 0 Å². The van der Waals surface area contributed by atoms with Crippen molar-refractivity contribution in [3.05, 3.63) is 35.9 Å². The van der Waals surface area contributed by atoms with Gasteiger partial charge in [0.15, 0.2) is 0 Å². The van der Waals surface area contributed by atoms with Crippen molar-refractivity contribution in [2.45, 2.75) is 25.8 Å². The number of benzene rings is 1. The Labute approximate surface area is 109 Å². The molecular formula is C13H20ClNO2. The van der Waals surface area contributed by atoms with E-state index >= 15 is 0 Å². The smallest absolute Gasteiger partial charge is 0.308 e. The molecule has 0 aromatic heterocycles. The average Bonchev–Trinajstić information content (AvgIpc) is 2.29. The molecule has 0 spiro atoms. The van der Waals surface area contributed by atoms with Crippen LogP contribution >= 0.6 is 12.4 Å². The molecule has 1 aromatic rings. The minimum atomic E-state index is -0.191. The van der Waals surface area contributed by atoms with E-state index in [1.165, 1.54) is 12.7 Å². The first-order chi connectivity index (χ1) is 7.63. The quantitative estimate of drug-likeness (QED) is 0.823. The van der Waals surface area contributed by atoms with E-state index in [0.717, 1.165) is 6.42 Å². The lowest BCUT2D eigenvalue weighted by Crippen LogP contribution is -2.28. The largest absolute Gasteiger partial charge is 0.469 e. The molecule has 0 unspecified atom stereocenters. The summed E-state index contributed by atoms with van der Waals surface area (Å²) in [6.45, 7) is 1.84. The van der Waals surface area contributed by atoms with Gasteiger partial charge in [-0.3, -0.25) is 4.79 Å². The SMILES string of the molecule is COC(=O)[C@@H](C)C[C@@H](N)Cc1ccccc1.Cl. The van der Waals surface area contributed by atoms with E-state index in [2.05, 4.69) is 4.74 Å². The first-order valence-electron chi connectivity index (χ1n) is 5.50. The summed E-state index contributed by atoms with van der Waals surface area (Å²) < 4.78 is 4.67. The lowest BCUT2D eigenvalue weighted by Gasteiger charge is -2.15. The topological polar surface area (TPSA) is 52.3 Å². The molecule has 0 amide bonds. The van der Waals surface area contributed by atoms with Gasteiger partial charge in [0.05, 0.1) is 13.0 Å². The van der Waals surface area contributed by atoms with Crippen molar-refractivity contribution in [1.82, 2.24) is 0 Å². The highest BCUT2D eigenvalue weighted by atomic mass is 35.5. The highest BCUT2D eigenvalue weighted by molar-refractivity contribution is 5.85. The standard InChI is InChI=1S/C13H19NO2.ClH/c1-10(13(15)16-2)8-12(14)9-11-6-4-3-5-7-11;/h3-7,10,12H,8-9,14H2,1-2H3;1H/t10-,12+;/m0./s1. The van der Waals surface area contributed by atoms with Gasteiger partial charge in [-0.05, 0) is 18.4 Å². The lowest BCUT2D eigenvalue weighted by atomic mass is 9.97. The van der Waals surface area contributed by atoms with E-state index in [4.69, 9.17) is 5.73 Å². The third-order valence-corrected chi connectivity index (χ3v) is 2.60. The first kappa shape index (κ1) is 15.9. The Kier molecular flexibility index (Phi) is 7.59. The number of methoxy groups -OCH3 is 1. The number of rotatable bonds is 5. The second-order valence-corrected chi connectivity index (χ2v) is 4.11. The van der Waals surface area contributed by atoms with Gasteiger partial charge in [0.2, 0.25) is 0 Å². The molecule has 2 atom stereocenters. The monoisotopic (exact) mass is 257 g/mol. The van der Waals surface area contributed by atoms with Crippen molar-refractivity contribution in [2.24, 2.45) is 11.7 Å². The van der Waals surface area contributed by atoms with Crippen molar-refractivity contribution >= 4 is 18.4 Å². The van der Waals surface area contributed by atoms with Gasteiger partial charge in [-0.15, -0.1) is 12.4 Å². The van der Waals surface area contributed by atoms with Crippen LogP contribution in [0.25, 0.3) is 0 Å². The summed E-state index contributed by atoms with van der Waals surface area (Å²) in [5.74, 6) is -0.327.